The third-order valence-electron chi connectivity index (χ3n) is 10.7. The second kappa shape index (κ2) is 12.6. The Balaban J connectivity index is 1.11. The molecule has 0 saturated carbocycles. The molecule has 0 radical (unpaired) electrons. The van der Waals surface area contributed by atoms with Gasteiger partial charge in [0.05, 0.1) is 0 Å². The predicted octanol–water partition coefficient (Wildman–Crippen LogP) is 13.6. The van der Waals surface area contributed by atoms with Gasteiger partial charge in [0.15, 0.2) is 17.5 Å². The van der Waals surface area contributed by atoms with Gasteiger partial charge in [0.25, 0.3) is 0 Å². The fourth-order valence-electron chi connectivity index (χ4n) is 8.17. The van der Waals surface area contributed by atoms with Crippen LogP contribution in [0.5, 0.6) is 0 Å². The maximum Gasteiger partial charge on any atom is 0.164 e. The Morgan fingerprint density at radius 3 is 1.49 bits per heavy atom. The Hall–Kier alpha value is -7.43. The lowest BCUT2D eigenvalue weighted by molar-refractivity contribution is 0.669. The Morgan fingerprint density at radius 2 is 0.782 bits per heavy atom. The van der Waals surface area contributed by atoms with E-state index in [0.29, 0.717) is 17.5 Å². The lowest BCUT2D eigenvalue weighted by atomic mass is 9.91. The van der Waals surface area contributed by atoms with E-state index in [1.807, 2.05) is 48.5 Å². The molecule has 0 aliphatic rings. The summed E-state index contributed by atoms with van der Waals surface area (Å²) in [5.74, 6) is 1.85. The summed E-state index contributed by atoms with van der Waals surface area (Å²) in [4.78, 5) is 15.3. The number of benzene rings is 9. The van der Waals surface area contributed by atoms with Crippen LogP contribution in [0.15, 0.2) is 192 Å². The highest BCUT2D eigenvalue weighted by molar-refractivity contribution is 6.26. The van der Waals surface area contributed by atoms with Crippen molar-refractivity contribution in [3.8, 4) is 56.4 Å². The topological polar surface area (TPSA) is 51.8 Å². The summed E-state index contributed by atoms with van der Waals surface area (Å²) in [5.41, 5.74) is 8.84. The van der Waals surface area contributed by atoms with Crippen molar-refractivity contribution in [3.05, 3.63) is 188 Å². The summed E-state index contributed by atoms with van der Waals surface area (Å²) in [5, 5.41) is 9.61. The van der Waals surface area contributed by atoms with E-state index in [1.54, 1.807) is 0 Å². The Labute approximate surface area is 317 Å². The summed E-state index contributed by atoms with van der Waals surface area (Å²) in [7, 11) is 0. The fraction of sp³-hybridized carbons (Fsp3) is 0. The van der Waals surface area contributed by atoms with Gasteiger partial charge in [-0.05, 0) is 84.9 Å². The Bertz CT molecular complexity index is 3220. The van der Waals surface area contributed by atoms with Crippen LogP contribution in [0.2, 0.25) is 0 Å². The van der Waals surface area contributed by atoms with Crippen LogP contribution in [0.1, 0.15) is 0 Å². The predicted molar refractivity (Wildman–Crippen MR) is 227 cm³/mol. The lowest BCUT2D eigenvalue weighted by Crippen LogP contribution is -2.01. The minimum absolute atomic E-state index is 0.601. The molecular formula is C51H31N3O. The molecule has 0 amide bonds. The minimum atomic E-state index is 0.601. The van der Waals surface area contributed by atoms with E-state index in [0.717, 1.165) is 60.9 Å². The summed E-state index contributed by atoms with van der Waals surface area (Å²) in [6, 6.07) is 65.7. The number of rotatable bonds is 5. The summed E-state index contributed by atoms with van der Waals surface area (Å²) < 4.78 is 6.52. The van der Waals surface area contributed by atoms with Gasteiger partial charge in [-0.15, -0.1) is 0 Å². The zero-order chi connectivity index (χ0) is 36.3. The maximum atomic E-state index is 6.52. The molecule has 4 heteroatoms. The lowest BCUT2D eigenvalue weighted by Gasteiger charge is -2.13. The van der Waals surface area contributed by atoms with E-state index in [2.05, 4.69) is 140 Å². The van der Waals surface area contributed by atoms with Crippen molar-refractivity contribution in [3.63, 3.8) is 0 Å². The molecule has 11 aromatic rings. The van der Waals surface area contributed by atoms with Gasteiger partial charge in [0.1, 0.15) is 11.2 Å². The van der Waals surface area contributed by atoms with Gasteiger partial charge in [0, 0.05) is 27.5 Å². The van der Waals surface area contributed by atoms with Crippen molar-refractivity contribution in [1.82, 2.24) is 15.0 Å². The van der Waals surface area contributed by atoms with Crippen LogP contribution < -0.4 is 0 Å². The van der Waals surface area contributed by atoms with Crippen LogP contribution in [-0.2, 0) is 0 Å². The second-order valence-corrected chi connectivity index (χ2v) is 13.9. The molecule has 0 unspecified atom stereocenters. The van der Waals surface area contributed by atoms with Crippen LogP contribution in [0, 0.1) is 0 Å². The maximum absolute atomic E-state index is 6.52. The monoisotopic (exact) mass is 701 g/mol. The number of furan rings is 1. The van der Waals surface area contributed by atoms with Gasteiger partial charge in [-0.2, -0.15) is 0 Å². The van der Waals surface area contributed by atoms with Crippen molar-refractivity contribution in [1.29, 1.82) is 0 Å². The van der Waals surface area contributed by atoms with Crippen molar-refractivity contribution in [2.45, 2.75) is 0 Å². The third kappa shape index (κ3) is 5.19. The van der Waals surface area contributed by atoms with Crippen molar-refractivity contribution < 1.29 is 4.42 Å². The standard InChI is InChI=1S/C51H31N3O/c1-3-14-32(15-4-1)36-18-7-12-23-43(36)51-53-49(33-16-5-2-6-17-33)52-50(54-51)35-27-29-46-45(31-35)48-37(24-13-25-47(48)55-46)34-26-28-42-40-21-9-8-19-38(40)39-20-10-11-22-41(39)44(42)30-34/h1-31H. The minimum Gasteiger partial charge on any atom is -0.456 e. The molecule has 9 aromatic carbocycles. The van der Waals surface area contributed by atoms with Gasteiger partial charge in [-0.3, -0.25) is 0 Å². The molecule has 0 aliphatic heterocycles. The largest absolute Gasteiger partial charge is 0.456 e. The van der Waals surface area contributed by atoms with Gasteiger partial charge < -0.3 is 4.42 Å². The van der Waals surface area contributed by atoms with E-state index in [-0.39, 0.29) is 0 Å². The van der Waals surface area contributed by atoms with Crippen molar-refractivity contribution in [2.75, 3.05) is 0 Å². The zero-order valence-corrected chi connectivity index (χ0v) is 29.6. The number of nitrogens with zero attached hydrogens (tertiary/aromatic N) is 3. The van der Waals surface area contributed by atoms with E-state index in [9.17, 15) is 0 Å². The van der Waals surface area contributed by atoms with Crippen molar-refractivity contribution >= 4 is 54.3 Å². The molecule has 0 atom stereocenters. The zero-order valence-electron chi connectivity index (χ0n) is 29.6. The van der Waals surface area contributed by atoms with Crippen LogP contribution in [0.25, 0.3) is 111 Å². The molecular weight excluding hydrogens is 671 g/mol. The summed E-state index contributed by atoms with van der Waals surface area (Å²) >= 11 is 0. The molecule has 4 nitrogen and oxygen atoms in total. The summed E-state index contributed by atoms with van der Waals surface area (Å²) in [6.07, 6.45) is 0. The molecule has 55 heavy (non-hydrogen) atoms. The van der Waals surface area contributed by atoms with Gasteiger partial charge in [-0.25, -0.2) is 15.0 Å². The van der Waals surface area contributed by atoms with E-state index >= 15 is 0 Å². The molecule has 11 rings (SSSR count). The normalized spacial score (nSPS) is 11.6. The van der Waals surface area contributed by atoms with E-state index < -0.39 is 0 Å². The quantitative estimate of drug-likeness (QED) is 0.168. The number of hydrogen-bond acceptors (Lipinski definition) is 4. The molecule has 0 fully saturated rings. The molecule has 2 aromatic heterocycles. The van der Waals surface area contributed by atoms with Crippen LogP contribution in [0.3, 0.4) is 0 Å². The first-order valence-corrected chi connectivity index (χ1v) is 18.5. The molecule has 0 N–H and O–H groups in total. The number of fused-ring (bicyclic) bond motifs is 9. The Kier molecular flexibility index (Phi) is 7.14. The third-order valence-corrected chi connectivity index (χ3v) is 10.7. The first-order valence-electron chi connectivity index (χ1n) is 18.5. The van der Waals surface area contributed by atoms with Crippen molar-refractivity contribution in [2.24, 2.45) is 0 Å². The van der Waals surface area contributed by atoms with Gasteiger partial charge >= 0.3 is 0 Å². The van der Waals surface area contributed by atoms with E-state index in [4.69, 9.17) is 19.4 Å². The summed E-state index contributed by atoms with van der Waals surface area (Å²) in [6.45, 7) is 0. The molecule has 0 spiro atoms. The first-order chi connectivity index (χ1) is 27.3. The highest BCUT2D eigenvalue weighted by Crippen LogP contribution is 2.42. The fourth-order valence-corrected chi connectivity index (χ4v) is 8.17. The average molecular weight is 702 g/mol. The molecule has 2 heterocycles. The van der Waals surface area contributed by atoms with Crippen LogP contribution in [-0.4, -0.2) is 15.0 Å². The molecule has 0 aliphatic carbocycles. The first kappa shape index (κ1) is 31.1. The SMILES string of the molecule is c1ccc(-c2nc(-c3ccc4oc5cccc(-c6ccc7c8ccccc8c8ccccc8c7c6)c5c4c3)nc(-c3ccccc3-c3ccccc3)n2)cc1. The molecule has 256 valence electrons. The smallest absolute Gasteiger partial charge is 0.164 e. The van der Waals surface area contributed by atoms with Gasteiger partial charge in [-0.1, -0.05) is 158 Å². The van der Waals surface area contributed by atoms with Crippen LogP contribution in [0.4, 0.5) is 0 Å². The second-order valence-electron chi connectivity index (χ2n) is 13.9. The molecule has 0 bridgehead atoms. The molecule has 0 saturated heterocycles. The van der Waals surface area contributed by atoms with E-state index in [1.165, 1.54) is 32.3 Å². The average Bonchev–Trinajstić information content (AvgIpc) is 3.65. The van der Waals surface area contributed by atoms with Crippen LogP contribution >= 0.6 is 0 Å². The Morgan fingerprint density at radius 1 is 0.273 bits per heavy atom. The highest BCUT2D eigenvalue weighted by Gasteiger charge is 2.19. The number of hydrogen-bond donors (Lipinski definition) is 0. The highest BCUT2D eigenvalue weighted by atomic mass is 16.3. The number of aromatic nitrogens is 3. The van der Waals surface area contributed by atoms with Gasteiger partial charge in [0.2, 0.25) is 0 Å².